The Morgan fingerprint density at radius 1 is 1.21 bits per heavy atom. The van der Waals surface area contributed by atoms with E-state index < -0.39 is 36.1 Å². The van der Waals surface area contributed by atoms with Crippen LogP contribution in [0.2, 0.25) is 0 Å². The Morgan fingerprint density at radius 2 is 2.03 bits per heavy atom. The summed E-state index contributed by atoms with van der Waals surface area (Å²) in [4.78, 5) is 26.1. The Labute approximate surface area is 220 Å². The van der Waals surface area contributed by atoms with Crippen LogP contribution in [0, 0.1) is 11.8 Å². The molecule has 4 atom stereocenters. The van der Waals surface area contributed by atoms with E-state index in [2.05, 4.69) is 27.1 Å². The molecule has 2 aromatic heterocycles. The molecule has 10 heteroatoms. The molecule has 2 amide bonds. The van der Waals surface area contributed by atoms with Crippen LogP contribution in [0.25, 0.3) is 5.52 Å². The summed E-state index contributed by atoms with van der Waals surface area (Å²) in [6.45, 7) is 0.877. The van der Waals surface area contributed by atoms with E-state index in [1.807, 2.05) is 30.3 Å². The molecule has 2 aliphatic rings. The van der Waals surface area contributed by atoms with Crippen molar-refractivity contribution in [1.29, 1.82) is 0 Å². The number of hydrogen-bond acceptors (Lipinski definition) is 5. The van der Waals surface area contributed by atoms with Crippen molar-refractivity contribution in [2.75, 3.05) is 25.6 Å². The van der Waals surface area contributed by atoms with E-state index in [0.29, 0.717) is 19.6 Å². The number of carbonyl (C=O) groups is 2. The summed E-state index contributed by atoms with van der Waals surface area (Å²) < 4.78 is 35.7. The van der Waals surface area contributed by atoms with Gasteiger partial charge < -0.3 is 20.7 Å². The van der Waals surface area contributed by atoms with Crippen LogP contribution < -0.4 is 16.0 Å². The molecule has 3 aromatic rings. The number of fused-ring (bicyclic) bond motifs is 2. The highest BCUT2D eigenvalue weighted by Gasteiger charge is 2.45. The molecule has 8 nitrogen and oxygen atoms in total. The van der Waals surface area contributed by atoms with E-state index in [1.54, 1.807) is 30.0 Å². The first-order valence-corrected chi connectivity index (χ1v) is 13.1. The molecular weight excluding hydrogens is 492 g/mol. The zero-order valence-electron chi connectivity index (χ0n) is 21.3. The number of para-hydroxylation sites is 1. The van der Waals surface area contributed by atoms with Gasteiger partial charge in [0.15, 0.2) is 5.69 Å². The average Bonchev–Trinajstić information content (AvgIpc) is 3.34. The molecule has 5 rings (SSSR count). The molecule has 0 unspecified atom stereocenters. The fourth-order valence-electron chi connectivity index (χ4n) is 5.63. The maximum absolute atomic E-state index is 14.3. The Bertz CT molecular complexity index is 1260. The number of rotatable bonds is 8. The van der Waals surface area contributed by atoms with E-state index in [0.717, 1.165) is 17.6 Å². The van der Waals surface area contributed by atoms with Crippen molar-refractivity contribution < 1.29 is 23.1 Å². The summed E-state index contributed by atoms with van der Waals surface area (Å²) in [5, 5.41) is 13.5. The van der Waals surface area contributed by atoms with Gasteiger partial charge in [-0.3, -0.25) is 9.59 Å². The van der Waals surface area contributed by atoms with Crippen molar-refractivity contribution in [2.24, 2.45) is 11.8 Å². The summed E-state index contributed by atoms with van der Waals surface area (Å²) in [7, 11) is 1.66. The van der Waals surface area contributed by atoms with E-state index in [4.69, 9.17) is 4.74 Å². The number of anilines is 1. The third-order valence-corrected chi connectivity index (χ3v) is 7.65. The average molecular weight is 526 g/mol. The Hall–Kier alpha value is -3.53. The normalized spacial score (nSPS) is 24.3. The maximum Gasteiger partial charge on any atom is 0.272 e. The molecule has 0 spiro atoms. The first-order valence-electron chi connectivity index (χ1n) is 13.1. The van der Waals surface area contributed by atoms with Crippen LogP contribution in [0.1, 0.15) is 41.7 Å². The number of benzene rings is 1. The highest BCUT2D eigenvalue weighted by atomic mass is 19.3. The SMILES string of the molecule is COC[C@@H]1Nc2ccccc2C[C@@H]1CCNC(=O)[C@H]1CC(F)(F)CC[C@H]1NC(=O)c1cc2ccccn2n1. The predicted molar refractivity (Wildman–Crippen MR) is 139 cm³/mol. The summed E-state index contributed by atoms with van der Waals surface area (Å²) >= 11 is 0. The Kier molecular flexibility index (Phi) is 7.60. The Morgan fingerprint density at radius 3 is 2.84 bits per heavy atom. The molecule has 0 bridgehead atoms. The predicted octanol–water partition coefficient (Wildman–Crippen LogP) is 3.67. The number of nitrogens with one attached hydrogen (secondary N) is 3. The zero-order chi connectivity index (χ0) is 26.7. The monoisotopic (exact) mass is 525 g/mol. The number of amides is 2. The summed E-state index contributed by atoms with van der Waals surface area (Å²) in [6.07, 6.45) is 2.28. The quantitative estimate of drug-likeness (QED) is 0.417. The third-order valence-electron chi connectivity index (χ3n) is 7.65. The van der Waals surface area contributed by atoms with Gasteiger partial charge in [0.2, 0.25) is 11.8 Å². The summed E-state index contributed by atoms with van der Waals surface area (Å²) in [5.41, 5.74) is 3.22. The van der Waals surface area contributed by atoms with Crippen molar-refractivity contribution in [2.45, 2.75) is 50.1 Å². The number of methoxy groups -OCH3 is 1. The zero-order valence-corrected chi connectivity index (χ0v) is 21.3. The standard InChI is InChI=1S/C28H33F2N5O3/c1-38-17-25-19(14-18-6-2-3-8-22(18)32-25)10-12-31-26(36)21-16-28(29,30)11-9-23(21)33-27(37)24-15-20-7-4-5-13-35(20)34-24/h2-8,13,15,19,21,23,25,32H,9-12,14,16-17H2,1H3,(H,31,36)(H,33,37)/t19-,21-,23+,25-/m0/s1. The number of pyridine rings is 1. The van der Waals surface area contributed by atoms with Gasteiger partial charge in [-0.25, -0.2) is 13.3 Å². The van der Waals surface area contributed by atoms with Gasteiger partial charge in [-0.1, -0.05) is 24.3 Å². The van der Waals surface area contributed by atoms with Crippen LogP contribution in [0.4, 0.5) is 14.5 Å². The lowest BCUT2D eigenvalue weighted by Gasteiger charge is -2.36. The van der Waals surface area contributed by atoms with Crippen LogP contribution >= 0.6 is 0 Å². The molecule has 1 aromatic carbocycles. The number of halogens is 2. The molecule has 38 heavy (non-hydrogen) atoms. The Balaban J connectivity index is 1.21. The van der Waals surface area contributed by atoms with Crippen LogP contribution in [-0.2, 0) is 16.0 Å². The van der Waals surface area contributed by atoms with Gasteiger partial charge in [0.05, 0.1) is 24.1 Å². The lowest BCUT2D eigenvalue weighted by Crippen LogP contribution is -2.52. The molecule has 3 heterocycles. The van der Waals surface area contributed by atoms with Gasteiger partial charge in [0.25, 0.3) is 5.91 Å². The minimum atomic E-state index is -2.95. The summed E-state index contributed by atoms with van der Waals surface area (Å²) in [5.74, 6) is -4.70. The number of alkyl halides is 2. The number of carbonyl (C=O) groups excluding carboxylic acids is 2. The first-order chi connectivity index (χ1) is 18.3. The second kappa shape index (κ2) is 11.1. The van der Waals surface area contributed by atoms with Gasteiger partial charge in [-0.05, 0) is 55.0 Å². The van der Waals surface area contributed by atoms with Gasteiger partial charge in [-0.2, -0.15) is 5.10 Å². The van der Waals surface area contributed by atoms with Crippen molar-refractivity contribution >= 4 is 23.0 Å². The van der Waals surface area contributed by atoms with Crippen molar-refractivity contribution in [3.63, 3.8) is 0 Å². The molecule has 1 aliphatic heterocycles. The molecule has 3 N–H and O–H groups in total. The number of nitrogens with zero attached hydrogens (tertiary/aromatic N) is 2. The van der Waals surface area contributed by atoms with Crippen LogP contribution in [0.3, 0.4) is 0 Å². The fraction of sp³-hybridized carbons (Fsp3) is 0.464. The molecule has 0 saturated heterocycles. The molecule has 1 saturated carbocycles. The topological polar surface area (TPSA) is 96.8 Å². The largest absolute Gasteiger partial charge is 0.383 e. The molecule has 202 valence electrons. The maximum atomic E-state index is 14.3. The number of aromatic nitrogens is 2. The van der Waals surface area contributed by atoms with Gasteiger partial charge in [0, 0.05) is 44.4 Å². The van der Waals surface area contributed by atoms with Crippen LogP contribution in [0.5, 0.6) is 0 Å². The minimum Gasteiger partial charge on any atom is -0.383 e. The second-order valence-electron chi connectivity index (χ2n) is 10.3. The minimum absolute atomic E-state index is 0.0173. The van der Waals surface area contributed by atoms with Crippen molar-refractivity contribution in [3.05, 3.63) is 66.0 Å². The van der Waals surface area contributed by atoms with Gasteiger partial charge in [-0.15, -0.1) is 0 Å². The molecule has 1 aliphatic carbocycles. The van der Waals surface area contributed by atoms with E-state index >= 15 is 0 Å². The second-order valence-corrected chi connectivity index (χ2v) is 10.3. The smallest absolute Gasteiger partial charge is 0.272 e. The van der Waals surface area contributed by atoms with E-state index in [9.17, 15) is 18.4 Å². The van der Waals surface area contributed by atoms with Gasteiger partial charge >= 0.3 is 0 Å². The number of ether oxygens (including phenoxy) is 1. The number of hydrogen-bond donors (Lipinski definition) is 3. The van der Waals surface area contributed by atoms with Crippen LogP contribution in [-0.4, -0.2) is 59.7 Å². The third kappa shape index (κ3) is 5.80. The van der Waals surface area contributed by atoms with E-state index in [-0.39, 0.29) is 30.5 Å². The molecule has 1 fully saturated rings. The summed E-state index contributed by atoms with van der Waals surface area (Å²) in [6, 6.07) is 14.6. The first kappa shape index (κ1) is 26.1. The fourth-order valence-corrected chi connectivity index (χ4v) is 5.63. The lowest BCUT2D eigenvalue weighted by molar-refractivity contribution is -0.134. The highest BCUT2D eigenvalue weighted by molar-refractivity contribution is 5.94. The van der Waals surface area contributed by atoms with Crippen molar-refractivity contribution in [3.8, 4) is 0 Å². The van der Waals surface area contributed by atoms with E-state index in [1.165, 1.54) is 5.56 Å². The molecular formula is C28H33F2N5O3. The highest BCUT2D eigenvalue weighted by Crippen LogP contribution is 2.37. The molecule has 0 radical (unpaired) electrons. The van der Waals surface area contributed by atoms with Crippen molar-refractivity contribution in [1.82, 2.24) is 20.2 Å². The van der Waals surface area contributed by atoms with Crippen LogP contribution in [0.15, 0.2) is 54.7 Å². The lowest BCUT2D eigenvalue weighted by atomic mass is 9.81. The van der Waals surface area contributed by atoms with Gasteiger partial charge in [0.1, 0.15) is 0 Å².